The Morgan fingerprint density at radius 2 is 1.72 bits per heavy atom. The maximum Gasteiger partial charge on any atom is 0.154 e. The minimum absolute atomic E-state index is 0.198. The molecule has 0 amide bonds. The second-order valence-electron chi connectivity index (χ2n) is 5.23. The molecule has 1 unspecified atom stereocenters. The van der Waals surface area contributed by atoms with Crippen molar-refractivity contribution in [2.45, 2.75) is 43.2 Å². The van der Waals surface area contributed by atoms with Gasteiger partial charge < -0.3 is 0 Å². The molecule has 0 bridgehead atoms. The fourth-order valence-electron chi connectivity index (χ4n) is 1.73. The summed E-state index contributed by atoms with van der Waals surface area (Å²) in [5.74, 6) is 0. The van der Waals surface area contributed by atoms with Crippen molar-refractivity contribution >= 4 is 25.8 Å². The summed E-state index contributed by atoms with van der Waals surface area (Å²) < 4.78 is 22.8. The first-order chi connectivity index (χ1) is 8.20. The van der Waals surface area contributed by atoms with E-state index in [1.54, 1.807) is 13.8 Å². The van der Waals surface area contributed by atoms with Crippen molar-refractivity contribution in [2.24, 2.45) is 0 Å². The van der Waals surface area contributed by atoms with Crippen LogP contribution in [-0.4, -0.2) is 19.4 Å². The fraction of sp³-hybridized carbons (Fsp3) is 0.571. The van der Waals surface area contributed by atoms with Crippen LogP contribution in [-0.2, 0) is 16.3 Å². The molecule has 0 heterocycles. The number of alkyl halides is 1. The van der Waals surface area contributed by atoms with Gasteiger partial charge in [-0.3, -0.25) is 0 Å². The number of sulfone groups is 1. The summed E-state index contributed by atoms with van der Waals surface area (Å²) in [5.41, 5.74) is 2.29. The van der Waals surface area contributed by atoms with Crippen LogP contribution in [0.5, 0.6) is 0 Å². The number of hydrogen-bond donors (Lipinski definition) is 0. The molecule has 0 fully saturated rings. The molecule has 1 rings (SSSR count). The molecule has 0 N–H and O–H groups in total. The van der Waals surface area contributed by atoms with E-state index in [4.69, 9.17) is 0 Å². The minimum atomic E-state index is -3.12. The first-order valence-electron chi connectivity index (χ1n) is 6.12. The largest absolute Gasteiger partial charge is 0.229 e. The lowest BCUT2D eigenvalue weighted by atomic mass is 9.99. The molecular formula is C14H21BrO2S. The zero-order valence-electron chi connectivity index (χ0n) is 11.4. The van der Waals surface area contributed by atoms with Crippen molar-refractivity contribution in [1.82, 2.24) is 0 Å². The predicted octanol–water partition coefficient (Wildman–Crippen LogP) is 3.90. The number of benzene rings is 1. The Morgan fingerprint density at radius 3 is 2.11 bits per heavy atom. The summed E-state index contributed by atoms with van der Waals surface area (Å²) in [6.07, 6.45) is 3.46. The van der Waals surface area contributed by atoms with Crippen molar-refractivity contribution in [3.63, 3.8) is 0 Å². The molecular weight excluding hydrogens is 312 g/mol. The first kappa shape index (κ1) is 15.7. The maximum absolute atomic E-state index is 11.8. The van der Waals surface area contributed by atoms with E-state index in [0.717, 1.165) is 18.4 Å². The third-order valence-electron chi connectivity index (χ3n) is 3.38. The van der Waals surface area contributed by atoms with E-state index in [1.165, 1.54) is 11.8 Å². The summed E-state index contributed by atoms with van der Waals surface area (Å²) in [7, 11) is -3.12. The average Bonchev–Trinajstić information content (AvgIpc) is 2.28. The van der Waals surface area contributed by atoms with Crippen molar-refractivity contribution in [3.8, 4) is 0 Å². The van der Waals surface area contributed by atoms with E-state index in [2.05, 4.69) is 35.0 Å². The molecule has 0 aromatic heterocycles. The van der Waals surface area contributed by atoms with Gasteiger partial charge >= 0.3 is 0 Å². The molecule has 1 aromatic rings. The molecule has 0 aliphatic rings. The number of rotatable bonds is 5. The van der Waals surface area contributed by atoms with Crippen LogP contribution < -0.4 is 0 Å². The van der Waals surface area contributed by atoms with Gasteiger partial charge in [-0.15, -0.1) is 0 Å². The molecule has 0 radical (unpaired) electrons. The summed E-state index contributed by atoms with van der Waals surface area (Å²) in [6, 6.07) is 8.17. The highest BCUT2D eigenvalue weighted by atomic mass is 79.9. The monoisotopic (exact) mass is 332 g/mol. The maximum atomic E-state index is 11.8. The lowest BCUT2D eigenvalue weighted by Crippen LogP contribution is -2.35. The molecule has 0 aliphatic carbocycles. The summed E-state index contributed by atoms with van der Waals surface area (Å²) in [5, 5.41) is 0. The molecule has 0 saturated carbocycles. The van der Waals surface area contributed by atoms with Crippen LogP contribution in [0.3, 0.4) is 0 Å². The Kier molecular flexibility index (Phi) is 5.01. The number of halogens is 1. The lowest BCUT2D eigenvalue weighted by molar-refractivity contribution is 0.548. The number of aryl methyl sites for hydroxylation is 1. The average molecular weight is 333 g/mol. The van der Waals surface area contributed by atoms with Crippen LogP contribution >= 0.6 is 15.9 Å². The third-order valence-corrected chi connectivity index (χ3v) is 7.50. The Bertz CT molecular complexity index is 489. The topological polar surface area (TPSA) is 34.1 Å². The van der Waals surface area contributed by atoms with E-state index >= 15 is 0 Å². The smallest absolute Gasteiger partial charge is 0.154 e. The Hall–Kier alpha value is -0.350. The molecule has 0 aliphatic heterocycles. The van der Waals surface area contributed by atoms with E-state index in [1.807, 2.05) is 12.1 Å². The van der Waals surface area contributed by atoms with Crippen molar-refractivity contribution in [2.75, 3.05) is 6.26 Å². The molecule has 2 nitrogen and oxygen atoms in total. The highest BCUT2D eigenvalue weighted by Crippen LogP contribution is 2.39. The van der Waals surface area contributed by atoms with Gasteiger partial charge in [0.15, 0.2) is 9.84 Å². The van der Waals surface area contributed by atoms with Crippen LogP contribution in [0.25, 0.3) is 0 Å². The standard InChI is InChI=1S/C14H21BrO2S/c1-5-6-11-7-9-12(10-8-11)13(15)14(2,3)18(4,16)17/h7-10,13H,5-6H2,1-4H3. The molecule has 0 saturated heterocycles. The van der Waals surface area contributed by atoms with Crippen LogP contribution in [0.4, 0.5) is 0 Å². The normalized spacial score (nSPS) is 14.5. The first-order valence-corrected chi connectivity index (χ1v) is 8.93. The van der Waals surface area contributed by atoms with Crippen molar-refractivity contribution in [1.29, 1.82) is 0 Å². The lowest BCUT2D eigenvalue weighted by Gasteiger charge is -2.28. The number of hydrogen-bond acceptors (Lipinski definition) is 2. The van der Waals surface area contributed by atoms with Crippen molar-refractivity contribution in [3.05, 3.63) is 35.4 Å². The molecule has 102 valence electrons. The zero-order chi connectivity index (χ0) is 14.0. The highest BCUT2D eigenvalue weighted by Gasteiger charge is 2.38. The quantitative estimate of drug-likeness (QED) is 0.766. The second kappa shape index (κ2) is 5.74. The van der Waals surface area contributed by atoms with Gasteiger partial charge in [0, 0.05) is 6.26 Å². The highest BCUT2D eigenvalue weighted by molar-refractivity contribution is 9.09. The second-order valence-corrected chi connectivity index (χ2v) is 8.74. The van der Waals surface area contributed by atoms with Gasteiger partial charge in [0.2, 0.25) is 0 Å². The van der Waals surface area contributed by atoms with Crippen LogP contribution in [0.1, 0.15) is 43.1 Å². The van der Waals surface area contributed by atoms with Gasteiger partial charge in [-0.25, -0.2) is 8.42 Å². The Balaban J connectivity index is 3.01. The summed E-state index contributed by atoms with van der Waals surface area (Å²) in [4.78, 5) is -0.198. The Labute approximate surface area is 119 Å². The van der Waals surface area contributed by atoms with Crippen LogP contribution in [0, 0.1) is 0 Å². The summed E-state index contributed by atoms with van der Waals surface area (Å²) in [6.45, 7) is 5.65. The zero-order valence-corrected chi connectivity index (χ0v) is 13.8. The van der Waals surface area contributed by atoms with Crippen LogP contribution in [0.15, 0.2) is 24.3 Å². The van der Waals surface area contributed by atoms with Gasteiger partial charge in [0.25, 0.3) is 0 Å². The van der Waals surface area contributed by atoms with E-state index in [-0.39, 0.29) is 4.83 Å². The van der Waals surface area contributed by atoms with Gasteiger partial charge in [-0.1, -0.05) is 53.5 Å². The third kappa shape index (κ3) is 3.35. The summed E-state index contributed by atoms with van der Waals surface area (Å²) >= 11 is 3.53. The van der Waals surface area contributed by atoms with E-state index in [9.17, 15) is 8.42 Å². The Morgan fingerprint density at radius 1 is 1.22 bits per heavy atom. The van der Waals surface area contributed by atoms with E-state index in [0.29, 0.717) is 0 Å². The minimum Gasteiger partial charge on any atom is -0.229 e. The SMILES string of the molecule is CCCc1ccc(C(Br)C(C)(C)S(C)(=O)=O)cc1. The van der Waals surface area contributed by atoms with E-state index < -0.39 is 14.6 Å². The predicted molar refractivity (Wildman–Crippen MR) is 81.0 cm³/mol. The van der Waals surface area contributed by atoms with Gasteiger partial charge in [0.05, 0.1) is 9.57 Å². The van der Waals surface area contributed by atoms with Crippen LogP contribution in [0.2, 0.25) is 0 Å². The molecule has 0 spiro atoms. The molecule has 1 aromatic carbocycles. The molecule has 18 heavy (non-hydrogen) atoms. The molecule has 4 heteroatoms. The van der Waals surface area contributed by atoms with Gasteiger partial charge in [-0.2, -0.15) is 0 Å². The van der Waals surface area contributed by atoms with Gasteiger partial charge in [-0.05, 0) is 31.4 Å². The van der Waals surface area contributed by atoms with Gasteiger partial charge in [0.1, 0.15) is 0 Å². The molecule has 1 atom stereocenters. The fourth-order valence-corrected chi connectivity index (χ4v) is 3.57. The van der Waals surface area contributed by atoms with Crippen molar-refractivity contribution < 1.29 is 8.42 Å².